The number of rotatable bonds is 2. The number of alkyl halides is 6. The van der Waals surface area contributed by atoms with Gasteiger partial charge in [0.25, 0.3) is 0 Å². The highest BCUT2D eigenvalue weighted by molar-refractivity contribution is 6.09. The molecule has 1 heterocycles. The van der Waals surface area contributed by atoms with Crippen LogP contribution in [0.5, 0.6) is 0 Å². The monoisotopic (exact) mass is 455 g/mol. The second-order valence-corrected chi connectivity index (χ2v) is 7.68. The summed E-state index contributed by atoms with van der Waals surface area (Å²) in [7, 11) is 0. The predicted molar refractivity (Wildman–Crippen MR) is 116 cm³/mol. The van der Waals surface area contributed by atoms with E-state index in [4.69, 9.17) is 0 Å². The minimum Gasteiger partial charge on any atom is -0.309 e. The summed E-state index contributed by atoms with van der Waals surface area (Å²) < 4.78 is 82.7. The van der Waals surface area contributed by atoms with E-state index in [9.17, 15) is 26.3 Å². The average Bonchev–Trinajstić information content (AvgIpc) is 3.12. The van der Waals surface area contributed by atoms with Crippen LogP contribution in [0.1, 0.15) is 11.1 Å². The number of aromatic nitrogens is 1. The zero-order chi connectivity index (χ0) is 23.4. The molecule has 0 fully saturated rings. The van der Waals surface area contributed by atoms with Crippen LogP contribution in [0.15, 0.2) is 91.0 Å². The number of hydrogen-bond acceptors (Lipinski definition) is 0. The first-order chi connectivity index (χ1) is 15.6. The molecule has 0 aliphatic rings. The molecule has 0 aliphatic carbocycles. The van der Waals surface area contributed by atoms with Gasteiger partial charge in [-0.25, -0.2) is 0 Å². The maximum Gasteiger partial charge on any atom is 0.417 e. The third kappa shape index (κ3) is 3.63. The zero-order valence-electron chi connectivity index (χ0n) is 16.9. The number of benzene rings is 4. The van der Waals surface area contributed by atoms with Gasteiger partial charge in [-0.05, 0) is 53.6 Å². The lowest BCUT2D eigenvalue weighted by molar-refractivity contribution is -0.141. The molecule has 5 aromatic rings. The van der Waals surface area contributed by atoms with Crippen molar-refractivity contribution in [3.05, 3.63) is 102 Å². The summed E-state index contributed by atoms with van der Waals surface area (Å²) >= 11 is 0. The van der Waals surface area contributed by atoms with Crippen molar-refractivity contribution < 1.29 is 26.3 Å². The standard InChI is InChI=1S/C26H15F6N/c27-25(28,29)17-12-13-22(26(30,31)32)21(15-17)16-6-5-7-18(14-16)33-23-10-3-1-8-19(23)20-9-2-4-11-24(20)33/h1-15H. The Morgan fingerprint density at radius 2 is 1.15 bits per heavy atom. The molecule has 1 aromatic heterocycles. The lowest BCUT2D eigenvalue weighted by atomic mass is 9.96. The van der Waals surface area contributed by atoms with E-state index >= 15 is 0 Å². The van der Waals surface area contributed by atoms with E-state index in [0.29, 0.717) is 23.9 Å². The Labute approximate surface area is 184 Å². The molecule has 33 heavy (non-hydrogen) atoms. The number of hydrogen-bond donors (Lipinski definition) is 0. The van der Waals surface area contributed by atoms with Gasteiger partial charge in [0.2, 0.25) is 0 Å². The van der Waals surface area contributed by atoms with Crippen LogP contribution in [0.2, 0.25) is 0 Å². The summed E-state index contributed by atoms with van der Waals surface area (Å²) in [4.78, 5) is 0. The van der Waals surface area contributed by atoms with Crippen molar-refractivity contribution >= 4 is 21.8 Å². The summed E-state index contributed by atoms with van der Waals surface area (Å²) in [5.41, 5.74) is -0.474. The van der Waals surface area contributed by atoms with Crippen LogP contribution in [-0.4, -0.2) is 4.57 Å². The predicted octanol–water partition coefficient (Wildman–Crippen LogP) is 8.49. The van der Waals surface area contributed by atoms with Gasteiger partial charge in [0.15, 0.2) is 0 Å². The topological polar surface area (TPSA) is 4.93 Å². The van der Waals surface area contributed by atoms with Crippen LogP contribution >= 0.6 is 0 Å². The first kappa shape index (κ1) is 21.1. The highest BCUT2D eigenvalue weighted by Crippen LogP contribution is 2.41. The molecular formula is C26H15F6N. The van der Waals surface area contributed by atoms with Gasteiger partial charge >= 0.3 is 12.4 Å². The molecule has 0 unspecified atom stereocenters. The summed E-state index contributed by atoms with van der Waals surface area (Å²) in [6.07, 6.45) is -9.56. The number of para-hydroxylation sites is 2. The van der Waals surface area contributed by atoms with Crippen LogP contribution in [0.4, 0.5) is 26.3 Å². The average molecular weight is 455 g/mol. The molecule has 0 bridgehead atoms. The van der Waals surface area contributed by atoms with E-state index in [1.54, 1.807) is 12.1 Å². The fourth-order valence-electron chi connectivity index (χ4n) is 4.22. The van der Waals surface area contributed by atoms with Gasteiger partial charge in [0.05, 0.1) is 22.2 Å². The summed E-state index contributed by atoms with van der Waals surface area (Å²) in [5.74, 6) is 0. The van der Waals surface area contributed by atoms with E-state index in [2.05, 4.69) is 0 Å². The lowest BCUT2D eigenvalue weighted by Crippen LogP contribution is -2.11. The van der Waals surface area contributed by atoms with Crippen molar-refractivity contribution in [1.29, 1.82) is 0 Å². The number of fused-ring (bicyclic) bond motifs is 3. The quantitative estimate of drug-likeness (QED) is 0.235. The Morgan fingerprint density at radius 3 is 1.73 bits per heavy atom. The van der Waals surface area contributed by atoms with E-state index in [1.807, 2.05) is 53.1 Å². The van der Waals surface area contributed by atoms with Crippen LogP contribution in [0, 0.1) is 0 Å². The Hall–Kier alpha value is -3.74. The minimum absolute atomic E-state index is 0.0489. The Bertz CT molecular complexity index is 1440. The second kappa shape index (κ2) is 7.40. The SMILES string of the molecule is FC(F)(F)c1ccc(C(F)(F)F)c(-c2cccc(-n3c4ccccc4c4ccccc43)c2)c1. The lowest BCUT2D eigenvalue weighted by Gasteiger charge is -2.17. The van der Waals surface area contributed by atoms with E-state index in [1.165, 1.54) is 12.1 Å². The van der Waals surface area contributed by atoms with Crippen molar-refractivity contribution in [2.24, 2.45) is 0 Å². The normalized spacial score (nSPS) is 12.5. The first-order valence-electron chi connectivity index (χ1n) is 10.0. The van der Waals surface area contributed by atoms with Gasteiger partial charge in [-0.2, -0.15) is 26.3 Å². The molecule has 0 saturated carbocycles. The van der Waals surface area contributed by atoms with Crippen molar-refractivity contribution in [2.75, 3.05) is 0 Å². The number of halogens is 6. The smallest absolute Gasteiger partial charge is 0.309 e. The highest BCUT2D eigenvalue weighted by atomic mass is 19.4. The molecule has 0 aliphatic heterocycles. The highest BCUT2D eigenvalue weighted by Gasteiger charge is 2.37. The van der Waals surface area contributed by atoms with E-state index in [0.717, 1.165) is 21.8 Å². The van der Waals surface area contributed by atoms with E-state index in [-0.39, 0.29) is 5.56 Å². The van der Waals surface area contributed by atoms with E-state index < -0.39 is 29.0 Å². The summed E-state index contributed by atoms with van der Waals surface area (Å²) in [6, 6.07) is 22.9. The molecule has 166 valence electrons. The van der Waals surface area contributed by atoms with Gasteiger partial charge < -0.3 is 4.57 Å². The third-order valence-corrected chi connectivity index (χ3v) is 5.65. The molecule has 0 amide bonds. The first-order valence-corrected chi connectivity index (χ1v) is 10.0. The molecule has 7 heteroatoms. The molecule has 4 aromatic carbocycles. The van der Waals surface area contributed by atoms with Crippen LogP contribution in [-0.2, 0) is 12.4 Å². The molecule has 0 saturated heterocycles. The van der Waals surface area contributed by atoms with Crippen LogP contribution in [0.3, 0.4) is 0 Å². The molecule has 0 radical (unpaired) electrons. The van der Waals surface area contributed by atoms with Gasteiger partial charge in [0, 0.05) is 16.5 Å². The second-order valence-electron chi connectivity index (χ2n) is 7.68. The number of nitrogens with zero attached hydrogens (tertiary/aromatic N) is 1. The van der Waals surface area contributed by atoms with Gasteiger partial charge in [-0.3, -0.25) is 0 Å². The Morgan fingerprint density at radius 1 is 0.545 bits per heavy atom. The van der Waals surface area contributed by atoms with Crippen LogP contribution < -0.4 is 0 Å². The van der Waals surface area contributed by atoms with Crippen LogP contribution in [0.25, 0.3) is 38.6 Å². The van der Waals surface area contributed by atoms with Crippen molar-refractivity contribution in [3.8, 4) is 16.8 Å². The maximum atomic E-state index is 13.7. The molecule has 0 spiro atoms. The molecule has 0 N–H and O–H groups in total. The molecule has 5 rings (SSSR count). The summed E-state index contributed by atoms with van der Waals surface area (Å²) in [6.45, 7) is 0. The van der Waals surface area contributed by atoms with Crippen molar-refractivity contribution in [3.63, 3.8) is 0 Å². The minimum atomic E-state index is -4.80. The molecule has 1 nitrogen and oxygen atoms in total. The van der Waals surface area contributed by atoms with Crippen molar-refractivity contribution in [1.82, 2.24) is 4.57 Å². The fourth-order valence-corrected chi connectivity index (χ4v) is 4.22. The third-order valence-electron chi connectivity index (χ3n) is 5.65. The largest absolute Gasteiger partial charge is 0.417 e. The molecule has 0 atom stereocenters. The van der Waals surface area contributed by atoms with Gasteiger partial charge in [-0.1, -0.05) is 48.5 Å². The molecular weight excluding hydrogens is 440 g/mol. The van der Waals surface area contributed by atoms with Crippen molar-refractivity contribution in [2.45, 2.75) is 12.4 Å². The Kier molecular flexibility index (Phi) is 4.74. The summed E-state index contributed by atoms with van der Waals surface area (Å²) in [5, 5.41) is 1.93. The van der Waals surface area contributed by atoms with Gasteiger partial charge in [0.1, 0.15) is 0 Å². The van der Waals surface area contributed by atoms with Gasteiger partial charge in [-0.15, -0.1) is 0 Å². The maximum absolute atomic E-state index is 13.7. The zero-order valence-corrected chi connectivity index (χ0v) is 16.9. The Balaban J connectivity index is 1.77. The fraction of sp³-hybridized carbons (Fsp3) is 0.0769.